The van der Waals surface area contributed by atoms with Gasteiger partial charge in [-0.05, 0) is 38.2 Å². The molecule has 0 rings (SSSR count). The van der Waals surface area contributed by atoms with Crippen LogP contribution in [0.15, 0.2) is 60.8 Å². The van der Waals surface area contributed by atoms with Crippen molar-refractivity contribution in [3.63, 3.8) is 0 Å². The Bertz CT molecular complexity index is 2230. The van der Waals surface area contributed by atoms with Gasteiger partial charge in [-0.3, -0.25) is 0 Å². The zero-order valence-electron chi connectivity index (χ0n) is 85.2. The van der Waals surface area contributed by atoms with E-state index in [0.717, 1.165) is 119 Å². The largest absolute Gasteiger partial charge is 1.00 e. The summed E-state index contributed by atoms with van der Waals surface area (Å²) in [6.45, 7) is 13.2. The normalized spacial score (nSPS) is 11.0. The number of rotatable bonds is 95. The van der Waals surface area contributed by atoms with Crippen molar-refractivity contribution in [1.82, 2.24) is 0 Å². The van der Waals surface area contributed by atoms with Gasteiger partial charge in [0.1, 0.15) is 0 Å². The number of hydrogen-bond acceptors (Lipinski definition) is 16. The SMILES string of the molecule is CCCCCCCCCCCCCCCCCCOC(=O)/C=C/C(=O)O.CCCCCCCCCCCCCCCCCCOC(=O)/C=C/C(=O)O.CCCCCCCCCCCCCCCCCCOC(=O)/C=C/C(=O)O.CCCCCCCCCCCCCCCCCCOC(=O)/C=C/C(=O)O.CCCCCCCCCCCCCCCCCCOC(=O)/C=C/C(=O)[O-].[Na+]. The second-order valence-electron chi connectivity index (χ2n) is 35.7. The summed E-state index contributed by atoms with van der Waals surface area (Å²) in [7, 11) is 0. The zero-order chi connectivity index (χ0) is 96.5. The molecule has 0 unspecified atom stereocenters. The van der Waals surface area contributed by atoms with Gasteiger partial charge >= 0.3 is 83.3 Å². The number of ether oxygens (including phenoxy) is 5. The summed E-state index contributed by atoms with van der Waals surface area (Å²) in [4.78, 5) is 107. The maximum Gasteiger partial charge on any atom is 1.00 e. The van der Waals surface area contributed by atoms with Crippen molar-refractivity contribution in [2.75, 3.05) is 33.0 Å². The first kappa shape index (κ1) is 136. The van der Waals surface area contributed by atoms with E-state index in [1.807, 2.05) is 0 Å². The average Bonchev–Trinajstić information content (AvgIpc) is 1.05. The molecule has 131 heavy (non-hydrogen) atoms. The van der Waals surface area contributed by atoms with Crippen LogP contribution in [0.2, 0.25) is 0 Å². The van der Waals surface area contributed by atoms with Crippen molar-refractivity contribution in [3.8, 4) is 0 Å². The molecule has 0 radical (unpaired) electrons. The van der Waals surface area contributed by atoms with Gasteiger partial charge in [0.2, 0.25) is 0 Å². The van der Waals surface area contributed by atoms with Gasteiger partial charge in [-0.1, -0.05) is 516 Å². The number of unbranched alkanes of at least 4 members (excludes halogenated alkanes) is 75. The Balaban J connectivity index is -0.000000372. The zero-order valence-corrected chi connectivity index (χ0v) is 87.2. The summed E-state index contributed by atoms with van der Waals surface area (Å²) < 4.78 is 24.6. The van der Waals surface area contributed by atoms with Crippen LogP contribution in [0.1, 0.15) is 548 Å². The number of aliphatic carboxylic acids is 5. The van der Waals surface area contributed by atoms with Gasteiger partial charge in [-0.2, -0.15) is 0 Å². The number of carbonyl (C=O) groups is 10. The van der Waals surface area contributed by atoms with Crippen molar-refractivity contribution in [2.45, 2.75) is 548 Å². The monoisotopic (exact) mass is 1860 g/mol. The van der Waals surface area contributed by atoms with E-state index in [9.17, 15) is 53.1 Å². The topological polar surface area (TPSA) is 321 Å². The van der Waals surface area contributed by atoms with Crippen LogP contribution >= 0.6 is 0 Å². The number of carboxylic acids is 5. The third-order valence-electron chi connectivity index (χ3n) is 23.0. The smallest absolute Gasteiger partial charge is 0.545 e. The molecule has 21 heteroatoms. The Morgan fingerprint density at radius 3 is 0.344 bits per heavy atom. The van der Waals surface area contributed by atoms with Gasteiger partial charge in [0.25, 0.3) is 0 Å². The molecule has 20 nitrogen and oxygen atoms in total. The molecule has 0 saturated carbocycles. The predicted octanol–water partition coefficient (Wildman–Crippen LogP) is 27.8. The Labute approximate surface area is 823 Å². The molecule has 0 aromatic carbocycles. The van der Waals surface area contributed by atoms with Crippen LogP contribution in [0, 0.1) is 0 Å². The fourth-order valence-electron chi connectivity index (χ4n) is 15.0. The van der Waals surface area contributed by atoms with Crippen molar-refractivity contribution in [1.29, 1.82) is 0 Å². The number of carbonyl (C=O) groups excluding carboxylic acids is 6. The molecule has 0 fully saturated rings. The molecule has 0 spiro atoms. The van der Waals surface area contributed by atoms with Crippen LogP contribution in [-0.2, 0) is 71.6 Å². The molecule has 0 aromatic rings. The summed E-state index contributed by atoms with van der Waals surface area (Å²) in [6, 6.07) is 0. The van der Waals surface area contributed by atoms with Crippen LogP contribution in [0.25, 0.3) is 0 Å². The molecular formula is C110H199NaO20. The van der Waals surface area contributed by atoms with E-state index in [4.69, 9.17) is 44.1 Å². The summed E-state index contributed by atoms with van der Waals surface area (Å²) in [5.74, 6) is -8.84. The van der Waals surface area contributed by atoms with E-state index in [0.29, 0.717) is 39.1 Å². The van der Waals surface area contributed by atoms with E-state index < -0.39 is 59.7 Å². The van der Waals surface area contributed by atoms with E-state index in [1.165, 1.54) is 449 Å². The van der Waals surface area contributed by atoms with E-state index >= 15 is 0 Å². The Morgan fingerprint density at radius 2 is 0.252 bits per heavy atom. The number of hydrogen-bond donors (Lipinski definition) is 4. The van der Waals surface area contributed by atoms with Crippen LogP contribution in [0.4, 0.5) is 0 Å². The Kier molecular flexibility index (Phi) is 127. The maximum atomic E-state index is 11.1. The summed E-state index contributed by atoms with van der Waals surface area (Å²) in [5, 5.41) is 43.7. The van der Waals surface area contributed by atoms with Gasteiger partial charge in [0, 0.05) is 54.7 Å². The van der Waals surface area contributed by atoms with Gasteiger partial charge in [0.15, 0.2) is 0 Å². The van der Waals surface area contributed by atoms with Gasteiger partial charge in [-0.15, -0.1) is 0 Å². The van der Waals surface area contributed by atoms with Gasteiger partial charge in [0.05, 0.1) is 39.0 Å². The molecule has 0 aromatic heterocycles. The first-order valence-electron chi connectivity index (χ1n) is 53.7. The molecule has 0 bridgehead atoms. The molecule has 0 aliphatic rings. The van der Waals surface area contributed by atoms with Crippen LogP contribution in [-0.4, -0.2) is 113 Å². The fourth-order valence-corrected chi connectivity index (χ4v) is 15.0. The number of esters is 5. The molecule has 0 atom stereocenters. The minimum absolute atomic E-state index is 0. The minimum Gasteiger partial charge on any atom is -0.545 e. The molecule has 760 valence electrons. The van der Waals surface area contributed by atoms with E-state index in [-0.39, 0.29) is 29.6 Å². The van der Waals surface area contributed by atoms with Crippen molar-refractivity contribution in [2.24, 2.45) is 0 Å². The minimum atomic E-state index is -1.38. The number of carboxylic acid groups (broad SMARTS) is 5. The summed E-state index contributed by atoms with van der Waals surface area (Å²) >= 11 is 0. The molecule has 0 aliphatic carbocycles. The Morgan fingerprint density at radius 1 is 0.160 bits per heavy atom. The summed E-state index contributed by atoms with van der Waals surface area (Å²) in [5.41, 5.74) is 0. The third kappa shape index (κ3) is 142. The average molecular weight is 1860 g/mol. The second kappa shape index (κ2) is 122. The molecular weight excluding hydrogens is 1660 g/mol. The van der Waals surface area contributed by atoms with Crippen LogP contribution in [0.3, 0.4) is 0 Å². The van der Waals surface area contributed by atoms with Gasteiger partial charge in [-0.25, -0.2) is 43.2 Å². The maximum absolute atomic E-state index is 11.1. The summed E-state index contributed by atoms with van der Waals surface area (Å²) in [6.07, 6.45) is 113. The second-order valence-corrected chi connectivity index (χ2v) is 35.7. The molecule has 0 amide bonds. The van der Waals surface area contributed by atoms with Crippen molar-refractivity contribution >= 4 is 59.7 Å². The molecule has 0 heterocycles. The van der Waals surface area contributed by atoms with E-state index in [2.05, 4.69) is 34.6 Å². The van der Waals surface area contributed by atoms with E-state index in [1.54, 1.807) is 0 Å². The van der Waals surface area contributed by atoms with Crippen molar-refractivity contribution < 1.29 is 127 Å². The predicted molar refractivity (Wildman–Crippen MR) is 534 cm³/mol. The van der Waals surface area contributed by atoms with Crippen LogP contribution in [0.5, 0.6) is 0 Å². The quantitative estimate of drug-likeness (QED) is 0.0144. The van der Waals surface area contributed by atoms with Crippen molar-refractivity contribution in [3.05, 3.63) is 60.8 Å². The Hall–Kier alpha value is -5.60. The first-order chi connectivity index (χ1) is 63.3. The third-order valence-corrected chi connectivity index (χ3v) is 23.0. The van der Waals surface area contributed by atoms with Gasteiger partial charge < -0.3 is 54.0 Å². The van der Waals surface area contributed by atoms with Crippen LogP contribution < -0.4 is 34.7 Å². The molecule has 0 saturated heterocycles. The first-order valence-corrected chi connectivity index (χ1v) is 53.7. The standard InChI is InChI=1S/5C22H40O4.Na/c5*1-2-3-4-5-6-7-8-9-10-11-12-13-14-15-16-17-20-26-22(25)19-18-21(23)24;/h5*18-19H,2-17,20H2,1H3,(H,23,24);/q;;;;;+1/p-1/b5*19-18+;. The molecule has 0 aliphatic heterocycles. The molecule has 4 N–H and O–H groups in total. The fraction of sp³-hybridized carbons (Fsp3) is 0.818.